The topological polar surface area (TPSA) is 29.5 Å². The van der Waals surface area contributed by atoms with Crippen LogP contribution >= 0.6 is 0 Å². The summed E-state index contributed by atoms with van der Waals surface area (Å²) in [4.78, 5) is 14.5. The third-order valence-corrected chi connectivity index (χ3v) is 4.48. The van der Waals surface area contributed by atoms with Crippen molar-refractivity contribution in [2.45, 2.75) is 19.3 Å². The van der Waals surface area contributed by atoms with E-state index in [-0.39, 0.29) is 24.7 Å². The average Bonchev–Trinajstić information content (AvgIpc) is 2.73. The van der Waals surface area contributed by atoms with Gasteiger partial charge in [0.15, 0.2) is 5.78 Å². The number of rotatable bonds is 9. The van der Waals surface area contributed by atoms with E-state index < -0.39 is 11.7 Å². The van der Waals surface area contributed by atoms with Crippen LogP contribution in [0.2, 0.25) is 0 Å². The maximum absolute atomic E-state index is 12.6. The van der Waals surface area contributed by atoms with Crippen molar-refractivity contribution in [3.05, 3.63) is 102 Å². The standard InChI is InChI=1S/C24H22F3NO2/c25-24(26,27)21-11-13-23(14-12-21)30-18-22(29)17-28(15-19-7-3-1-4-8-19)16-20-9-5-2-6-10-20/h1-14H,15-18H2. The van der Waals surface area contributed by atoms with Gasteiger partial charge in [-0.05, 0) is 35.4 Å². The van der Waals surface area contributed by atoms with Crippen molar-refractivity contribution in [1.82, 2.24) is 4.90 Å². The molecule has 0 heterocycles. The highest BCUT2D eigenvalue weighted by Gasteiger charge is 2.30. The van der Waals surface area contributed by atoms with Gasteiger partial charge < -0.3 is 4.74 Å². The molecule has 3 aromatic carbocycles. The molecule has 0 amide bonds. The lowest BCUT2D eigenvalue weighted by atomic mass is 10.1. The van der Waals surface area contributed by atoms with Crippen molar-refractivity contribution >= 4 is 5.78 Å². The van der Waals surface area contributed by atoms with Gasteiger partial charge in [-0.3, -0.25) is 9.69 Å². The van der Waals surface area contributed by atoms with Crippen molar-refractivity contribution in [2.75, 3.05) is 13.2 Å². The van der Waals surface area contributed by atoms with Crippen LogP contribution in [0.5, 0.6) is 5.75 Å². The van der Waals surface area contributed by atoms with Gasteiger partial charge in [0, 0.05) is 13.1 Å². The third kappa shape index (κ3) is 6.74. The van der Waals surface area contributed by atoms with Gasteiger partial charge in [0.1, 0.15) is 12.4 Å². The monoisotopic (exact) mass is 413 g/mol. The number of alkyl halides is 3. The first kappa shape index (κ1) is 21.6. The zero-order chi connectivity index (χ0) is 21.4. The van der Waals surface area contributed by atoms with E-state index in [9.17, 15) is 18.0 Å². The van der Waals surface area contributed by atoms with Crippen LogP contribution in [-0.4, -0.2) is 23.8 Å². The number of hydrogen-bond acceptors (Lipinski definition) is 3. The van der Waals surface area contributed by atoms with Crippen molar-refractivity contribution in [3.8, 4) is 5.75 Å². The number of Topliss-reactive ketones (excluding diaryl/α,β-unsaturated/α-hetero) is 1. The number of halogens is 3. The van der Waals surface area contributed by atoms with Gasteiger partial charge in [-0.2, -0.15) is 13.2 Å². The molecule has 6 heteroatoms. The molecule has 0 fully saturated rings. The Morgan fingerprint density at radius 2 is 1.27 bits per heavy atom. The smallest absolute Gasteiger partial charge is 0.416 e. The van der Waals surface area contributed by atoms with E-state index in [4.69, 9.17) is 4.74 Å². The minimum atomic E-state index is -4.40. The molecule has 0 spiro atoms. The predicted octanol–water partition coefficient (Wildman–Crippen LogP) is 5.36. The number of ketones is 1. The SMILES string of the molecule is O=C(COc1ccc(C(F)(F)F)cc1)CN(Cc1ccccc1)Cc1ccccc1. The summed E-state index contributed by atoms with van der Waals surface area (Å²) in [5, 5.41) is 0. The van der Waals surface area contributed by atoms with Gasteiger partial charge in [-0.25, -0.2) is 0 Å². The summed E-state index contributed by atoms with van der Waals surface area (Å²) in [5.74, 6) is 0.0794. The quantitative estimate of drug-likeness (QED) is 0.473. The summed E-state index contributed by atoms with van der Waals surface area (Å²) in [7, 11) is 0. The Hall–Kier alpha value is -3.12. The van der Waals surface area contributed by atoms with E-state index in [0.717, 1.165) is 23.3 Å². The normalized spacial score (nSPS) is 11.5. The second-order valence-electron chi connectivity index (χ2n) is 6.97. The maximum atomic E-state index is 12.6. The molecule has 3 rings (SSSR count). The summed E-state index contributed by atoms with van der Waals surface area (Å²) in [6.45, 7) is 1.17. The van der Waals surface area contributed by atoms with Crippen molar-refractivity contribution in [1.29, 1.82) is 0 Å². The van der Waals surface area contributed by atoms with Crippen molar-refractivity contribution in [3.63, 3.8) is 0 Å². The molecule has 3 aromatic rings. The summed E-state index contributed by atoms with van der Waals surface area (Å²) in [6.07, 6.45) is -4.40. The fourth-order valence-corrected chi connectivity index (χ4v) is 3.05. The number of ether oxygens (including phenoxy) is 1. The van der Waals surface area contributed by atoms with Gasteiger partial charge >= 0.3 is 6.18 Å². The zero-order valence-electron chi connectivity index (χ0n) is 16.3. The first-order chi connectivity index (χ1) is 14.4. The molecule has 0 aliphatic heterocycles. The highest BCUT2D eigenvalue weighted by molar-refractivity contribution is 5.82. The largest absolute Gasteiger partial charge is 0.486 e. The molecular weight excluding hydrogens is 391 g/mol. The Labute approximate surface area is 173 Å². The lowest BCUT2D eigenvalue weighted by Crippen LogP contribution is -2.31. The minimum absolute atomic E-state index is 0.151. The zero-order valence-corrected chi connectivity index (χ0v) is 16.3. The molecule has 0 N–H and O–H groups in total. The number of carbonyl (C=O) groups excluding carboxylic acids is 1. The number of benzene rings is 3. The lowest BCUT2D eigenvalue weighted by molar-refractivity contribution is -0.137. The molecule has 0 bridgehead atoms. The van der Waals surface area contributed by atoms with Crippen molar-refractivity contribution < 1.29 is 22.7 Å². The van der Waals surface area contributed by atoms with E-state index in [1.807, 2.05) is 65.6 Å². The van der Waals surface area contributed by atoms with Crippen LogP contribution in [-0.2, 0) is 24.1 Å². The first-order valence-electron chi connectivity index (χ1n) is 9.52. The van der Waals surface area contributed by atoms with E-state index in [1.165, 1.54) is 12.1 Å². The summed E-state index contributed by atoms with van der Waals surface area (Å²) in [5.41, 5.74) is 1.42. The second-order valence-corrected chi connectivity index (χ2v) is 6.97. The number of nitrogens with zero attached hydrogens (tertiary/aromatic N) is 1. The van der Waals surface area contributed by atoms with Gasteiger partial charge in [-0.15, -0.1) is 0 Å². The molecule has 0 aliphatic rings. The summed E-state index contributed by atoms with van der Waals surface area (Å²) < 4.78 is 43.3. The molecule has 30 heavy (non-hydrogen) atoms. The molecule has 0 aromatic heterocycles. The fraction of sp³-hybridized carbons (Fsp3) is 0.208. The predicted molar refractivity (Wildman–Crippen MR) is 109 cm³/mol. The average molecular weight is 413 g/mol. The van der Waals surface area contributed by atoms with E-state index >= 15 is 0 Å². The van der Waals surface area contributed by atoms with Crippen LogP contribution in [0.3, 0.4) is 0 Å². The Morgan fingerprint density at radius 3 is 1.73 bits per heavy atom. The summed E-state index contributed by atoms with van der Waals surface area (Å²) in [6, 6.07) is 24.0. The lowest BCUT2D eigenvalue weighted by Gasteiger charge is -2.22. The molecule has 0 unspecified atom stereocenters. The molecule has 0 saturated heterocycles. The molecule has 0 aliphatic carbocycles. The Kier molecular flexibility index (Phi) is 7.25. The highest BCUT2D eigenvalue weighted by Crippen LogP contribution is 2.30. The number of carbonyl (C=O) groups is 1. The molecule has 0 saturated carbocycles. The Balaban J connectivity index is 1.59. The van der Waals surface area contributed by atoms with Crippen LogP contribution in [0.4, 0.5) is 13.2 Å². The van der Waals surface area contributed by atoms with Gasteiger partial charge in [0.05, 0.1) is 12.1 Å². The first-order valence-corrected chi connectivity index (χ1v) is 9.52. The van der Waals surface area contributed by atoms with E-state index in [1.54, 1.807) is 0 Å². The molecule has 0 radical (unpaired) electrons. The molecule has 0 atom stereocenters. The minimum Gasteiger partial charge on any atom is -0.486 e. The van der Waals surface area contributed by atoms with Crippen LogP contribution in [0, 0.1) is 0 Å². The van der Waals surface area contributed by atoms with Crippen LogP contribution in [0.1, 0.15) is 16.7 Å². The van der Waals surface area contributed by atoms with Crippen LogP contribution in [0.15, 0.2) is 84.9 Å². The Morgan fingerprint density at radius 1 is 0.767 bits per heavy atom. The fourth-order valence-electron chi connectivity index (χ4n) is 3.05. The number of hydrogen-bond donors (Lipinski definition) is 0. The maximum Gasteiger partial charge on any atom is 0.416 e. The van der Waals surface area contributed by atoms with Crippen LogP contribution in [0.25, 0.3) is 0 Å². The molecule has 156 valence electrons. The van der Waals surface area contributed by atoms with E-state index in [0.29, 0.717) is 13.1 Å². The van der Waals surface area contributed by atoms with Gasteiger partial charge in [0.2, 0.25) is 0 Å². The highest BCUT2D eigenvalue weighted by atomic mass is 19.4. The van der Waals surface area contributed by atoms with Crippen molar-refractivity contribution in [2.24, 2.45) is 0 Å². The Bertz CT molecular complexity index is 885. The second kappa shape index (κ2) is 10.1. The molecule has 3 nitrogen and oxygen atoms in total. The van der Waals surface area contributed by atoms with Gasteiger partial charge in [-0.1, -0.05) is 60.7 Å². The molecular formula is C24H22F3NO2. The van der Waals surface area contributed by atoms with Crippen LogP contribution < -0.4 is 4.74 Å². The summed E-state index contributed by atoms with van der Waals surface area (Å²) >= 11 is 0. The van der Waals surface area contributed by atoms with Gasteiger partial charge in [0.25, 0.3) is 0 Å². The third-order valence-electron chi connectivity index (χ3n) is 4.48. The van der Waals surface area contributed by atoms with E-state index in [2.05, 4.69) is 0 Å².